The Kier molecular flexibility index (Phi) is 4.67. The Morgan fingerprint density at radius 3 is 2.71 bits per heavy atom. The van der Waals surface area contributed by atoms with E-state index < -0.39 is 16.4 Å². The SMILES string of the molecule is C=CCN(C(=O)c1ccc(F)c([N+](=O)[O-])c1)C1CCCC1. The molecule has 0 bridgehead atoms. The molecule has 1 aromatic carbocycles. The van der Waals surface area contributed by atoms with Crippen molar-refractivity contribution in [3.8, 4) is 0 Å². The largest absolute Gasteiger partial charge is 0.332 e. The summed E-state index contributed by atoms with van der Waals surface area (Å²) in [5.74, 6) is -1.25. The second-order valence-corrected chi connectivity index (χ2v) is 5.11. The average Bonchev–Trinajstić information content (AvgIpc) is 2.98. The molecule has 0 aromatic heterocycles. The first kappa shape index (κ1) is 15.2. The number of hydrogen-bond donors (Lipinski definition) is 0. The van der Waals surface area contributed by atoms with E-state index in [-0.39, 0.29) is 17.5 Å². The van der Waals surface area contributed by atoms with Crippen LogP contribution in [-0.4, -0.2) is 28.3 Å². The van der Waals surface area contributed by atoms with E-state index in [0.717, 1.165) is 37.8 Å². The van der Waals surface area contributed by atoms with Gasteiger partial charge in [0.25, 0.3) is 5.91 Å². The molecule has 0 radical (unpaired) electrons. The fourth-order valence-corrected chi connectivity index (χ4v) is 2.70. The summed E-state index contributed by atoms with van der Waals surface area (Å²) in [6.45, 7) is 4.03. The fourth-order valence-electron chi connectivity index (χ4n) is 2.70. The monoisotopic (exact) mass is 292 g/mol. The Morgan fingerprint density at radius 2 is 2.14 bits per heavy atom. The molecule has 0 atom stereocenters. The lowest BCUT2D eigenvalue weighted by Crippen LogP contribution is -2.39. The number of amides is 1. The highest BCUT2D eigenvalue weighted by molar-refractivity contribution is 5.95. The van der Waals surface area contributed by atoms with E-state index in [2.05, 4.69) is 6.58 Å². The first-order valence-electron chi connectivity index (χ1n) is 6.90. The number of hydrogen-bond acceptors (Lipinski definition) is 3. The molecule has 0 aliphatic heterocycles. The lowest BCUT2D eigenvalue weighted by molar-refractivity contribution is -0.387. The molecule has 1 amide bonds. The van der Waals surface area contributed by atoms with Gasteiger partial charge in [0.1, 0.15) is 0 Å². The molecule has 0 N–H and O–H groups in total. The number of nitro groups is 1. The van der Waals surface area contributed by atoms with Crippen molar-refractivity contribution in [2.45, 2.75) is 31.7 Å². The summed E-state index contributed by atoms with van der Waals surface area (Å²) in [7, 11) is 0. The minimum atomic E-state index is -0.937. The van der Waals surface area contributed by atoms with Gasteiger partial charge in [-0.05, 0) is 25.0 Å². The zero-order valence-electron chi connectivity index (χ0n) is 11.6. The van der Waals surface area contributed by atoms with Gasteiger partial charge in [0.15, 0.2) is 0 Å². The van der Waals surface area contributed by atoms with Gasteiger partial charge in [0, 0.05) is 24.2 Å². The Bertz CT molecular complexity index is 568. The number of carbonyl (C=O) groups is 1. The van der Waals surface area contributed by atoms with Crippen LogP contribution < -0.4 is 0 Å². The number of nitrogens with zero attached hydrogens (tertiary/aromatic N) is 2. The Morgan fingerprint density at radius 1 is 1.48 bits per heavy atom. The summed E-state index contributed by atoms with van der Waals surface area (Å²) in [5.41, 5.74) is -0.539. The third kappa shape index (κ3) is 3.26. The van der Waals surface area contributed by atoms with Crippen molar-refractivity contribution in [2.75, 3.05) is 6.54 Å². The molecular formula is C15H17FN2O3. The molecule has 5 nitrogen and oxygen atoms in total. The lowest BCUT2D eigenvalue weighted by Gasteiger charge is -2.27. The first-order valence-corrected chi connectivity index (χ1v) is 6.90. The molecule has 0 unspecified atom stereocenters. The molecule has 1 aliphatic rings. The van der Waals surface area contributed by atoms with Gasteiger partial charge in [-0.3, -0.25) is 14.9 Å². The lowest BCUT2D eigenvalue weighted by atomic mass is 10.1. The van der Waals surface area contributed by atoms with Crippen LogP contribution in [0.2, 0.25) is 0 Å². The van der Waals surface area contributed by atoms with E-state index >= 15 is 0 Å². The summed E-state index contributed by atoms with van der Waals surface area (Å²) < 4.78 is 13.4. The molecule has 0 saturated heterocycles. The maximum Gasteiger partial charge on any atom is 0.305 e. The summed E-state index contributed by atoms with van der Waals surface area (Å²) in [6.07, 6.45) is 5.60. The van der Waals surface area contributed by atoms with E-state index in [0.29, 0.717) is 6.54 Å². The Balaban J connectivity index is 2.29. The molecule has 1 aliphatic carbocycles. The standard InChI is InChI=1S/C15H17FN2O3/c1-2-9-17(12-5-3-4-6-12)15(19)11-7-8-13(16)14(10-11)18(20)21/h2,7-8,10,12H,1,3-6,9H2. The summed E-state index contributed by atoms with van der Waals surface area (Å²) in [6, 6.07) is 3.38. The van der Waals surface area contributed by atoms with Crippen LogP contribution in [0.3, 0.4) is 0 Å². The minimum Gasteiger partial charge on any atom is -0.332 e. The van der Waals surface area contributed by atoms with Gasteiger partial charge in [-0.25, -0.2) is 0 Å². The van der Waals surface area contributed by atoms with Crippen molar-refractivity contribution >= 4 is 11.6 Å². The highest BCUT2D eigenvalue weighted by Gasteiger charge is 2.28. The van der Waals surface area contributed by atoms with E-state index in [4.69, 9.17) is 0 Å². The van der Waals surface area contributed by atoms with Crippen molar-refractivity contribution in [3.63, 3.8) is 0 Å². The predicted molar refractivity (Wildman–Crippen MR) is 76.5 cm³/mol. The fraction of sp³-hybridized carbons (Fsp3) is 0.400. The van der Waals surface area contributed by atoms with Crippen LogP contribution in [0.1, 0.15) is 36.0 Å². The van der Waals surface area contributed by atoms with Crippen molar-refractivity contribution in [2.24, 2.45) is 0 Å². The topological polar surface area (TPSA) is 63.5 Å². The van der Waals surface area contributed by atoms with E-state index in [9.17, 15) is 19.3 Å². The summed E-state index contributed by atoms with van der Waals surface area (Å²) in [5, 5.41) is 10.8. The third-order valence-corrected chi connectivity index (χ3v) is 3.74. The first-order chi connectivity index (χ1) is 10.0. The van der Waals surface area contributed by atoms with Crippen LogP contribution in [0.4, 0.5) is 10.1 Å². The van der Waals surface area contributed by atoms with E-state index in [1.54, 1.807) is 11.0 Å². The van der Waals surface area contributed by atoms with Crippen LogP contribution in [0.5, 0.6) is 0 Å². The summed E-state index contributed by atoms with van der Waals surface area (Å²) >= 11 is 0. The molecule has 0 spiro atoms. The number of rotatable bonds is 5. The van der Waals surface area contributed by atoms with Gasteiger partial charge in [-0.1, -0.05) is 18.9 Å². The molecule has 1 saturated carbocycles. The molecule has 0 heterocycles. The van der Waals surface area contributed by atoms with Crippen molar-refractivity contribution < 1.29 is 14.1 Å². The minimum absolute atomic E-state index is 0.125. The van der Waals surface area contributed by atoms with Crippen LogP contribution in [0, 0.1) is 15.9 Å². The van der Waals surface area contributed by atoms with Crippen LogP contribution in [0.15, 0.2) is 30.9 Å². The normalized spacial score (nSPS) is 14.9. The van der Waals surface area contributed by atoms with Gasteiger partial charge < -0.3 is 4.90 Å². The van der Waals surface area contributed by atoms with Crippen molar-refractivity contribution in [1.29, 1.82) is 0 Å². The summed E-state index contributed by atoms with van der Waals surface area (Å²) in [4.78, 5) is 24.2. The Labute approximate surface area is 122 Å². The third-order valence-electron chi connectivity index (χ3n) is 3.74. The second kappa shape index (κ2) is 6.47. The maximum atomic E-state index is 13.4. The van der Waals surface area contributed by atoms with Crippen molar-refractivity contribution in [3.05, 3.63) is 52.3 Å². The smallest absolute Gasteiger partial charge is 0.305 e. The quantitative estimate of drug-likeness (QED) is 0.475. The Hall–Kier alpha value is -2.24. The highest BCUT2D eigenvalue weighted by Crippen LogP contribution is 2.26. The zero-order chi connectivity index (χ0) is 15.4. The van der Waals surface area contributed by atoms with E-state index in [1.807, 2.05) is 0 Å². The molecule has 1 aromatic rings. The van der Waals surface area contributed by atoms with E-state index in [1.165, 1.54) is 6.07 Å². The van der Waals surface area contributed by atoms with Crippen molar-refractivity contribution in [1.82, 2.24) is 4.90 Å². The molecule has 21 heavy (non-hydrogen) atoms. The van der Waals surface area contributed by atoms with Gasteiger partial charge >= 0.3 is 5.69 Å². The molecule has 6 heteroatoms. The molecular weight excluding hydrogens is 275 g/mol. The number of halogens is 1. The average molecular weight is 292 g/mol. The number of benzene rings is 1. The van der Waals surface area contributed by atoms with Gasteiger partial charge in [0.2, 0.25) is 5.82 Å². The van der Waals surface area contributed by atoms with Crippen LogP contribution in [0.25, 0.3) is 0 Å². The highest BCUT2D eigenvalue weighted by atomic mass is 19.1. The molecule has 1 fully saturated rings. The second-order valence-electron chi connectivity index (χ2n) is 5.11. The molecule has 2 rings (SSSR count). The van der Waals surface area contributed by atoms with Gasteiger partial charge in [0.05, 0.1) is 4.92 Å². The van der Waals surface area contributed by atoms with Gasteiger partial charge in [-0.2, -0.15) is 4.39 Å². The molecule has 112 valence electrons. The zero-order valence-corrected chi connectivity index (χ0v) is 11.6. The number of nitro benzene ring substituents is 1. The van der Waals surface area contributed by atoms with Gasteiger partial charge in [-0.15, -0.1) is 6.58 Å². The maximum absolute atomic E-state index is 13.4. The predicted octanol–water partition coefficient (Wildman–Crippen LogP) is 3.30. The number of carbonyl (C=O) groups excluding carboxylic acids is 1. The van der Waals surface area contributed by atoms with Crippen LogP contribution in [-0.2, 0) is 0 Å². The van der Waals surface area contributed by atoms with Crippen LogP contribution >= 0.6 is 0 Å².